The number of rotatable bonds is 4. The van der Waals surface area contributed by atoms with Crippen LogP contribution in [0.25, 0.3) is 6.08 Å². The Labute approximate surface area is 150 Å². The lowest BCUT2D eigenvalue weighted by atomic mass is 10.1. The number of amides is 2. The topological polar surface area (TPSA) is 92.6 Å². The molecule has 0 fully saturated rings. The smallest absolute Gasteiger partial charge is 0.269 e. The van der Waals surface area contributed by atoms with Crippen molar-refractivity contribution in [3.63, 3.8) is 0 Å². The average molecular weight is 351 g/mol. The van der Waals surface area contributed by atoms with Crippen LogP contribution in [0.4, 0.5) is 17.1 Å². The maximum atomic E-state index is 12.1. The zero-order valence-electron chi connectivity index (χ0n) is 14.1. The summed E-state index contributed by atoms with van der Waals surface area (Å²) in [4.78, 5) is 35.5. The number of benzene rings is 2. The fraction of sp³-hybridized carbons (Fsp3) is 0.158. The minimum absolute atomic E-state index is 0.00403. The number of nitrogens with one attached hydrogen (secondary N) is 1. The van der Waals surface area contributed by atoms with Gasteiger partial charge in [0.15, 0.2) is 0 Å². The predicted molar refractivity (Wildman–Crippen MR) is 98.9 cm³/mol. The molecule has 3 rings (SSSR count). The second-order valence-corrected chi connectivity index (χ2v) is 5.94. The molecule has 2 aromatic carbocycles. The SMILES string of the molecule is CC(=O)N1CCc2cc(NC(=O)/C=C/c3ccc([N+](=O)[O-])cc3)ccc21. The van der Waals surface area contributed by atoms with E-state index in [-0.39, 0.29) is 17.5 Å². The van der Waals surface area contributed by atoms with Crippen molar-refractivity contribution in [2.75, 3.05) is 16.8 Å². The fourth-order valence-electron chi connectivity index (χ4n) is 2.87. The van der Waals surface area contributed by atoms with Gasteiger partial charge in [-0.3, -0.25) is 19.7 Å². The molecule has 7 heteroatoms. The Kier molecular flexibility index (Phi) is 4.79. The Hall–Kier alpha value is -3.48. The zero-order valence-corrected chi connectivity index (χ0v) is 14.1. The molecule has 7 nitrogen and oxygen atoms in total. The molecule has 2 aromatic rings. The second-order valence-electron chi connectivity index (χ2n) is 5.94. The standard InChI is InChI=1S/C19H17N3O4/c1-13(23)21-11-10-15-12-16(5-8-18(15)21)20-19(24)9-4-14-2-6-17(7-3-14)22(25)26/h2-9,12H,10-11H2,1H3,(H,20,24)/b9-4+. The van der Waals surface area contributed by atoms with Gasteiger partial charge in [0.1, 0.15) is 0 Å². The zero-order chi connectivity index (χ0) is 18.7. The molecule has 0 aromatic heterocycles. The van der Waals surface area contributed by atoms with Gasteiger partial charge in [0.25, 0.3) is 5.69 Å². The Morgan fingerprint density at radius 2 is 1.92 bits per heavy atom. The molecule has 0 saturated heterocycles. The summed E-state index contributed by atoms with van der Waals surface area (Å²) in [5, 5.41) is 13.4. The normalized spacial score (nSPS) is 12.9. The molecule has 0 spiro atoms. The Morgan fingerprint density at radius 3 is 2.58 bits per heavy atom. The van der Waals surface area contributed by atoms with Gasteiger partial charge in [-0.1, -0.05) is 0 Å². The van der Waals surface area contributed by atoms with Gasteiger partial charge in [-0.25, -0.2) is 0 Å². The summed E-state index contributed by atoms with van der Waals surface area (Å²) in [7, 11) is 0. The van der Waals surface area contributed by atoms with Gasteiger partial charge in [-0.2, -0.15) is 0 Å². The first kappa shape index (κ1) is 17.3. The van der Waals surface area contributed by atoms with E-state index >= 15 is 0 Å². The van der Waals surface area contributed by atoms with Crippen LogP contribution in [-0.4, -0.2) is 23.3 Å². The molecule has 1 N–H and O–H groups in total. The number of non-ortho nitro benzene ring substituents is 1. The average Bonchev–Trinajstić information content (AvgIpc) is 3.03. The van der Waals surface area contributed by atoms with Crippen LogP contribution in [-0.2, 0) is 16.0 Å². The molecule has 132 valence electrons. The molecular formula is C19H17N3O4. The summed E-state index contributed by atoms with van der Waals surface area (Å²) in [5.74, 6) is -0.295. The minimum Gasteiger partial charge on any atom is -0.323 e. The van der Waals surface area contributed by atoms with Crippen molar-refractivity contribution in [1.82, 2.24) is 0 Å². The third-order valence-electron chi connectivity index (χ3n) is 4.15. The van der Waals surface area contributed by atoms with Crippen LogP contribution in [0.3, 0.4) is 0 Å². The lowest BCUT2D eigenvalue weighted by Gasteiger charge is -2.14. The van der Waals surface area contributed by atoms with Crippen molar-refractivity contribution in [3.8, 4) is 0 Å². The van der Waals surface area contributed by atoms with E-state index in [1.807, 2.05) is 12.1 Å². The summed E-state index contributed by atoms with van der Waals surface area (Å²) in [6.07, 6.45) is 3.72. The number of hydrogen-bond acceptors (Lipinski definition) is 4. The van der Waals surface area contributed by atoms with Crippen LogP contribution in [0.1, 0.15) is 18.1 Å². The maximum absolute atomic E-state index is 12.1. The van der Waals surface area contributed by atoms with E-state index in [4.69, 9.17) is 0 Å². The number of carbonyl (C=O) groups excluding carboxylic acids is 2. The Balaban J connectivity index is 1.65. The van der Waals surface area contributed by atoms with Crippen LogP contribution in [0.15, 0.2) is 48.5 Å². The van der Waals surface area contributed by atoms with Crippen molar-refractivity contribution >= 4 is 35.0 Å². The maximum Gasteiger partial charge on any atom is 0.269 e. The molecule has 0 aliphatic carbocycles. The number of nitro groups is 1. The quantitative estimate of drug-likeness (QED) is 0.520. The van der Waals surface area contributed by atoms with Crippen LogP contribution in [0.2, 0.25) is 0 Å². The largest absolute Gasteiger partial charge is 0.323 e. The van der Waals surface area contributed by atoms with Gasteiger partial charge in [0.05, 0.1) is 4.92 Å². The van der Waals surface area contributed by atoms with Crippen molar-refractivity contribution < 1.29 is 14.5 Å². The molecular weight excluding hydrogens is 334 g/mol. The summed E-state index contributed by atoms with van der Waals surface area (Å²) in [5.41, 5.74) is 3.27. The van der Waals surface area contributed by atoms with Gasteiger partial charge in [-0.15, -0.1) is 0 Å². The predicted octanol–water partition coefficient (Wildman–Crippen LogP) is 3.16. The number of anilines is 2. The van der Waals surface area contributed by atoms with Crippen molar-refractivity contribution in [1.29, 1.82) is 0 Å². The van der Waals surface area contributed by atoms with Crippen molar-refractivity contribution in [2.45, 2.75) is 13.3 Å². The van der Waals surface area contributed by atoms with Crippen molar-refractivity contribution in [3.05, 3.63) is 69.8 Å². The first-order valence-corrected chi connectivity index (χ1v) is 8.08. The fourth-order valence-corrected chi connectivity index (χ4v) is 2.87. The third kappa shape index (κ3) is 3.77. The summed E-state index contributed by atoms with van der Waals surface area (Å²) in [6.45, 7) is 2.19. The lowest BCUT2D eigenvalue weighted by Crippen LogP contribution is -2.25. The first-order valence-electron chi connectivity index (χ1n) is 8.08. The van der Waals surface area contributed by atoms with Crippen LogP contribution >= 0.6 is 0 Å². The molecule has 26 heavy (non-hydrogen) atoms. The molecule has 0 unspecified atom stereocenters. The highest BCUT2D eigenvalue weighted by molar-refractivity contribution is 6.02. The molecule has 1 aliphatic rings. The molecule has 0 radical (unpaired) electrons. The highest BCUT2D eigenvalue weighted by Crippen LogP contribution is 2.30. The molecule has 1 heterocycles. The highest BCUT2D eigenvalue weighted by Gasteiger charge is 2.22. The van der Waals surface area contributed by atoms with Gasteiger partial charge in [0, 0.05) is 43.1 Å². The van der Waals surface area contributed by atoms with Gasteiger partial charge < -0.3 is 10.2 Å². The number of hydrogen-bond donors (Lipinski definition) is 1. The van der Waals surface area contributed by atoms with E-state index in [0.717, 1.165) is 17.7 Å². The number of fused-ring (bicyclic) bond motifs is 1. The number of nitrogens with zero attached hydrogens (tertiary/aromatic N) is 2. The molecule has 0 atom stereocenters. The van der Waals surface area contributed by atoms with E-state index < -0.39 is 4.92 Å². The van der Waals surface area contributed by atoms with E-state index in [9.17, 15) is 19.7 Å². The van der Waals surface area contributed by atoms with E-state index in [2.05, 4.69) is 5.32 Å². The summed E-state index contributed by atoms with van der Waals surface area (Å²) < 4.78 is 0. The van der Waals surface area contributed by atoms with Gasteiger partial charge in [0.2, 0.25) is 11.8 Å². The van der Waals surface area contributed by atoms with E-state index in [0.29, 0.717) is 17.8 Å². The van der Waals surface area contributed by atoms with Gasteiger partial charge >= 0.3 is 0 Å². The Morgan fingerprint density at radius 1 is 1.19 bits per heavy atom. The van der Waals surface area contributed by atoms with Crippen LogP contribution in [0, 0.1) is 10.1 Å². The summed E-state index contributed by atoms with van der Waals surface area (Å²) in [6, 6.07) is 11.4. The van der Waals surface area contributed by atoms with E-state index in [1.54, 1.807) is 29.2 Å². The molecule has 0 saturated carbocycles. The van der Waals surface area contributed by atoms with E-state index in [1.165, 1.54) is 25.1 Å². The Bertz CT molecular complexity index is 904. The monoisotopic (exact) mass is 351 g/mol. The lowest BCUT2D eigenvalue weighted by molar-refractivity contribution is -0.384. The summed E-state index contributed by atoms with van der Waals surface area (Å²) >= 11 is 0. The minimum atomic E-state index is -0.471. The highest BCUT2D eigenvalue weighted by atomic mass is 16.6. The van der Waals surface area contributed by atoms with Crippen molar-refractivity contribution in [2.24, 2.45) is 0 Å². The van der Waals surface area contributed by atoms with Crippen LogP contribution in [0.5, 0.6) is 0 Å². The number of nitro benzene ring substituents is 1. The third-order valence-corrected chi connectivity index (χ3v) is 4.15. The first-order chi connectivity index (χ1) is 12.4. The van der Waals surface area contributed by atoms with Crippen LogP contribution < -0.4 is 10.2 Å². The van der Waals surface area contributed by atoms with Gasteiger partial charge in [-0.05, 0) is 54.0 Å². The molecule has 1 aliphatic heterocycles. The number of carbonyl (C=O) groups is 2. The molecule has 0 bridgehead atoms. The molecule has 2 amide bonds. The second kappa shape index (κ2) is 7.18.